The van der Waals surface area contributed by atoms with Crippen LogP contribution in [-0.2, 0) is 19.1 Å². The molecule has 0 atom stereocenters. The highest BCUT2D eigenvalue weighted by molar-refractivity contribution is 8.26. The summed E-state index contributed by atoms with van der Waals surface area (Å²) in [6, 6.07) is 7.57. The van der Waals surface area contributed by atoms with E-state index < -0.39 is 0 Å². The molecule has 0 N–H and O–H groups in total. The Kier molecular flexibility index (Phi) is 7.66. The van der Waals surface area contributed by atoms with Gasteiger partial charge in [0.25, 0.3) is 11.8 Å². The van der Waals surface area contributed by atoms with Crippen molar-refractivity contribution in [3.8, 4) is 0 Å². The molecule has 1 fully saturated rings. The predicted octanol–water partition coefficient (Wildman–Crippen LogP) is 4.14. The molecular weight excluding hydrogens is 420 g/mol. The summed E-state index contributed by atoms with van der Waals surface area (Å²) in [6.45, 7) is 5.37. The first-order valence-corrected chi connectivity index (χ1v) is 11.6. The number of thioether (sulfide) groups is 1. The quantitative estimate of drug-likeness (QED) is 0.323. The number of hydrogen-bond donors (Lipinski definition) is 0. The van der Waals surface area contributed by atoms with Gasteiger partial charge >= 0.3 is 5.97 Å². The topological polar surface area (TPSA) is 66.9 Å². The Balaban J connectivity index is 1.78. The van der Waals surface area contributed by atoms with Crippen LogP contribution in [0.1, 0.15) is 51.5 Å². The number of carbonyl (C=O) groups excluding carboxylic acids is 3. The van der Waals surface area contributed by atoms with Crippen LogP contribution in [0.2, 0.25) is 0 Å². The van der Waals surface area contributed by atoms with Crippen LogP contribution in [0.25, 0.3) is 5.57 Å². The first kappa shape index (κ1) is 22.5. The minimum absolute atomic E-state index is 0.145. The number of esters is 1. The van der Waals surface area contributed by atoms with E-state index in [1.54, 1.807) is 4.90 Å². The Labute approximate surface area is 186 Å². The second kappa shape index (κ2) is 10.2. The smallest absolute Gasteiger partial charge is 0.305 e. The van der Waals surface area contributed by atoms with Crippen LogP contribution in [0.5, 0.6) is 0 Å². The van der Waals surface area contributed by atoms with E-state index in [0.717, 1.165) is 30.5 Å². The molecule has 8 heteroatoms. The van der Waals surface area contributed by atoms with E-state index in [2.05, 4.69) is 6.92 Å². The van der Waals surface area contributed by atoms with Gasteiger partial charge in [-0.2, -0.15) is 0 Å². The average Bonchev–Trinajstić information content (AvgIpc) is 3.17. The highest BCUT2D eigenvalue weighted by Gasteiger charge is 2.41. The van der Waals surface area contributed by atoms with Crippen molar-refractivity contribution in [3.63, 3.8) is 0 Å². The normalized spacial score (nSPS) is 18.4. The highest BCUT2D eigenvalue weighted by atomic mass is 32.2. The lowest BCUT2D eigenvalue weighted by molar-refractivity contribution is -0.144. The maximum absolute atomic E-state index is 13.2. The molecule has 0 unspecified atom stereocenters. The van der Waals surface area contributed by atoms with Crippen molar-refractivity contribution in [2.24, 2.45) is 0 Å². The monoisotopic (exact) mass is 446 g/mol. The lowest BCUT2D eigenvalue weighted by atomic mass is 10.1. The van der Waals surface area contributed by atoms with Crippen molar-refractivity contribution < 1.29 is 19.1 Å². The number of unbranched alkanes of at least 4 members (excludes halogenated alkanes) is 1. The molecule has 2 aliphatic rings. The van der Waals surface area contributed by atoms with Gasteiger partial charge in [0.2, 0.25) is 0 Å². The van der Waals surface area contributed by atoms with Gasteiger partial charge in [-0.1, -0.05) is 62.4 Å². The molecular formula is C22H26N2O4S2. The third kappa shape index (κ3) is 4.59. The van der Waals surface area contributed by atoms with E-state index in [1.807, 2.05) is 31.2 Å². The minimum atomic E-state index is -0.271. The minimum Gasteiger partial charge on any atom is -0.466 e. The van der Waals surface area contributed by atoms with Crippen molar-refractivity contribution in [1.29, 1.82) is 0 Å². The molecule has 0 spiro atoms. The molecule has 0 radical (unpaired) electrons. The number of nitrogens with zero attached hydrogens (tertiary/aromatic N) is 2. The first-order chi connectivity index (χ1) is 14.5. The van der Waals surface area contributed by atoms with Crippen molar-refractivity contribution in [3.05, 3.63) is 34.7 Å². The molecule has 160 valence electrons. The van der Waals surface area contributed by atoms with Crippen LogP contribution in [0, 0.1) is 0 Å². The van der Waals surface area contributed by atoms with Gasteiger partial charge in [0, 0.05) is 25.1 Å². The second-order valence-corrected chi connectivity index (χ2v) is 8.82. The fourth-order valence-corrected chi connectivity index (χ4v) is 4.83. The van der Waals surface area contributed by atoms with E-state index in [4.69, 9.17) is 17.0 Å². The molecule has 1 saturated heterocycles. The number of fused-ring (bicyclic) bond motifs is 1. The number of anilines is 1. The summed E-state index contributed by atoms with van der Waals surface area (Å²) < 4.78 is 5.49. The molecule has 30 heavy (non-hydrogen) atoms. The van der Waals surface area contributed by atoms with E-state index in [-0.39, 0.29) is 24.2 Å². The van der Waals surface area contributed by atoms with Gasteiger partial charge < -0.3 is 9.64 Å². The number of thiocarbonyl (C=S) groups is 1. The Morgan fingerprint density at radius 1 is 1.03 bits per heavy atom. The molecule has 3 rings (SSSR count). The van der Waals surface area contributed by atoms with E-state index in [9.17, 15) is 14.4 Å². The zero-order chi connectivity index (χ0) is 21.7. The van der Waals surface area contributed by atoms with Crippen molar-refractivity contribution in [1.82, 2.24) is 4.90 Å². The largest absolute Gasteiger partial charge is 0.466 e. The van der Waals surface area contributed by atoms with Crippen LogP contribution < -0.4 is 4.90 Å². The zero-order valence-electron chi connectivity index (χ0n) is 17.3. The number of rotatable bonds is 9. The van der Waals surface area contributed by atoms with Gasteiger partial charge in [0.15, 0.2) is 0 Å². The van der Waals surface area contributed by atoms with Crippen LogP contribution in [0.3, 0.4) is 0 Å². The summed E-state index contributed by atoms with van der Waals surface area (Å²) in [6.07, 6.45) is 3.34. The summed E-state index contributed by atoms with van der Waals surface area (Å²) >= 11 is 6.58. The van der Waals surface area contributed by atoms with Crippen molar-refractivity contribution in [2.75, 3.05) is 24.6 Å². The second-order valence-electron chi connectivity index (χ2n) is 7.18. The summed E-state index contributed by atoms with van der Waals surface area (Å²) in [7, 11) is 0. The fraction of sp³-hybridized carbons (Fsp3) is 0.455. The fourth-order valence-electron chi connectivity index (χ4n) is 3.45. The maximum atomic E-state index is 13.2. The van der Waals surface area contributed by atoms with E-state index >= 15 is 0 Å². The Hall–Kier alpha value is -2.19. The maximum Gasteiger partial charge on any atom is 0.305 e. The summed E-state index contributed by atoms with van der Waals surface area (Å²) in [5.41, 5.74) is 2.06. The molecule has 0 aliphatic carbocycles. The molecule has 2 heterocycles. The van der Waals surface area contributed by atoms with Crippen LogP contribution >= 0.6 is 24.0 Å². The van der Waals surface area contributed by atoms with Gasteiger partial charge in [0.1, 0.15) is 4.32 Å². The first-order valence-electron chi connectivity index (χ1n) is 10.3. The highest BCUT2D eigenvalue weighted by Crippen LogP contribution is 2.44. The summed E-state index contributed by atoms with van der Waals surface area (Å²) in [5, 5.41) is 0. The van der Waals surface area contributed by atoms with Crippen molar-refractivity contribution in [2.45, 2.75) is 46.0 Å². The Bertz CT molecular complexity index is 897. The van der Waals surface area contributed by atoms with Gasteiger partial charge in [-0.15, -0.1) is 0 Å². The molecule has 0 aromatic heterocycles. The lowest BCUT2D eigenvalue weighted by Gasteiger charge is -2.16. The van der Waals surface area contributed by atoms with Gasteiger partial charge in [-0.05, 0) is 25.3 Å². The number of hydrogen-bond acceptors (Lipinski definition) is 6. The van der Waals surface area contributed by atoms with Crippen LogP contribution in [-0.4, -0.2) is 46.7 Å². The van der Waals surface area contributed by atoms with Gasteiger partial charge in [-0.25, -0.2) is 0 Å². The summed E-state index contributed by atoms with van der Waals surface area (Å²) in [5.74, 6) is -0.678. The van der Waals surface area contributed by atoms with Gasteiger partial charge in [-0.3, -0.25) is 19.3 Å². The van der Waals surface area contributed by atoms with Crippen LogP contribution in [0.4, 0.5) is 5.69 Å². The third-order valence-corrected chi connectivity index (χ3v) is 6.41. The predicted molar refractivity (Wildman–Crippen MR) is 123 cm³/mol. The lowest BCUT2D eigenvalue weighted by Crippen LogP contribution is -2.30. The summed E-state index contributed by atoms with van der Waals surface area (Å²) in [4.78, 5) is 41.6. The molecule has 1 aromatic carbocycles. The third-order valence-electron chi connectivity index (χ3n) is 4.96. The molecule has 2 aliphatic heterocycles. The molecule has 6 nitrogen and oxygen atoms in total. The van der Waals surface area contributed by atoms with Crippen LogP contribution in [0.15, 0.2) is 29.2 Å². The van der Waals surface area contributed by atoms with E-state index in [1.165, 1.54) is 16.7 Å². The SMILES string of the molecule is CCCCN1C(=O)/C(=C2\SC(=S)N(CCCC(=O)OCCC)C2=O)c2ccccc21. The van der Waals surface area contributed by atoms with Crippen molar-refractivity contribution >= 4 is 57.3 Å². The zero-order valence-corrected chi connectivity index (χ0v) is 18.9. The molecule has 2 amide bonds. The Morgan fingerprint density at radius 2 is 1.77 bits per heavy atom. The Morgan fingerprint density at radius 3 is 2.50 bits per heavy atom. The van der Waals surface area contributed by atoms with E-state index in [0.29, 0.717) is 40.9 Å². The number of ether oxygens (including phenoxy) is 1. The standard InChI is InChI=1S/C22H26N2O4S2/c1-3-5-12-23-16-10-7-6-9-15(16)18(20(23)26)19-21(27)24(22(29)30-19)13-8-11-17(25)28-14-4-2/h6-7,9-10H,3-5,8,11-14H2,1-2H3/b19-18-. The number of para-hydroxylation sites is 1. The van der Waals surface area contributed by atoms with Gasteiger partial charge in [0.05, 0.1) is 22.8 Å². The molecule has 0 bridgehead atoms. The number of carbonyl (C=O) groups is 3. The molecule has 1 aromatic rings. The number of amides is 2. The average molecular weight is 447 g/mol. The number of benzene rings is 1. The molecule has 0 saturated carbocycles.